The maximum Gasteiger partial charge on any atom is 0.271 e. The number of rotatable bonds is 7. The van der Waals surface area contributed by atoms with E-state index in [1.54, 1.807) is 14.2 Å². The number of methoxy groups -OCH3 is 2. The second-order valence-electron chi connectivity index (χ2n) is 10.8. The SMILES string of the molecule is COc1ccc([C@H]2C3=C(N=c4s/c(=C\c5ccc(OCc6ccc(Cl)cc6)c(Br)c5)c(=O)n42)c2ccccc2CC3)cc1OC. The maximum atomic E-state index is 14.2. The fraction of sp³-hybridized carbons (Fsp3) is 0.167. The molecule has 6 nitrogen and oxygen atoms in total. The van der Waals surface area contributed by atoms with E-state index in [1.807, 2.05) is 77.4 Å². The lowest BCUT2D eigenvalue weighted by Crippen LogP contribution is -2.38. The van der Waals surface area contributed by atoms with E-state index in [9.17, 15) is 4.79 Å². The number of aryl methyl sites for hydroxylation is 1. The quantitative estimate of drug-likeness (QED) is 0.179. The zero-order chi connectivity index (χ0) is 31.1. The zero-order valence-electron chi connectivity index (χ0n) is 24.6. The summed E-state index contributed by atoms with van der Waals surface area (Å²) in [6.45, 7) is 0.414. The largest absolute Gasteiger partial charge is 0.493 e. The van der Waals surface area contributed by atoms with Gasteiger partial charge in [-0.3, -0.25) is 9.36 Å². The van der Waals surface area contributed by atoms with Crippen molar-refractivity contribution in [1.82, 2.24) is 4.57 Å². The number of hydrogen-bond donors (Lipinski definition) is 0. The molecule has 0 radical (unpaired) electrons. The number of benzene rings is 4. The Hall–Kier alpha value is -4.11. The molecule has 0 spiro atoms. The number of halogens is 2. The molecular formula is C36H28BrClN2O4S. The summed E-state index contributed by atoms with van der Waals surface area (Å²) in [6.07, 6.45) is 3.61. The van der Waals surface area contributed by atoms with Crippen LogP contribution in [0.15, 0.2) is 105 Å². The van der Waals surface area contributed by atoms with E-state index >= 15 is 0 Å². The van der Waals surface area contributed by atoms with Gasteiger partial charge < -0.3 is 14.2 Å². The summed E-state index contributed by atoms with van der Waals surface area (Å²) in [7, 11) is 3.25. The third kappa shape index (κ3) is 5.63. The van der Waals surface area contributed by atoms with E-state index in [2.05, 4.69) is 34.1 Å². The van der Waals surface area contributed by atoms with Crippen LogP contribution in [0, 0.1) is 0 Å². The summed E-state index contributed by atoms with van der Waals surface area (Å²) < 4.78 is 20.4. The number of ether oxygens (including phenoxy) is 3. The first-order chi connectivity index (χ1) is 21.9. The second-order valence-corrected chi connectivity index (χ2v) is 13.1. The van der Waals surface area contributed by atoms with Gasteiger partial charge in [-0.2, -0.15) is 0 Å². The van der Waals surface area contributed by atoms with Crippen LogP contribution in [0.1, 0.15) is 40.3 Å². The smallest absolute Gasteiger partial charge is 0.271 e. The molecule has 0 amide bonds. The Kier molecular flexibility index (Phi) is 8.12. The molecule has 2 heterocycles. The first-order valence-electron chi connectivity index (χ1n) is 14.5. The van der Waals surface area contributed by atoms with Crippen molar-refractivity contribution in [2.45, 2.75) is 25.5 Å². The first-order valence-corrected chi connectivity index (χ1v) is 16.4. The van der Waals surface area contributed by atoms with Gasteiger partial charge in [-0.05, 0) is 99.1 Å². The lowest BCUT2D eigenvalue weighted by Gasteiger charge is -2.31. The lowest BCUT2D eigenvalue weighted by atomic mass is 9.83. The van der Waals surface area contributed by atoms with Crippen molar-refractivity contribution in [3.63, 3.8) is 0 Å². The summed E-state index contributed by atoms with van der Waals surface area (Å²) >= 11 is 11.1. The van der Waals surface area contributed by atoms with Crippen LogP contribution in [0.25, 0.3) is 11.8 Å². The average molecular weight is 700 g/mol. The molecule has 1 aliphatic heterocycles. The number of hydrogen-bond acceptors (Lipinski definition) is 6. The molecule has 7 rings (SSSR count). The van der Waals surface area contributed by atoms with Crippen LogP contribution in [0.3, 0.4) is 0 Å². The van der Waals surface area contributed by atoms with Crippen LogP contribution in [0.2, 0.25) is 5.02 Å². The van der Waals surface area contributed by atoms with Gasteiger partial charge in [-0.15, -0.1) is 0 Å². The molecule has 0 N–H and O–H groups in total. The van der Waals surface area contributed by atoms with Gasteiger partial charge in [0.05, 0.1) is 35.0 Å². The highest BCUT2D eigenvalue weighted by Crippen LogP contribution is 2.42. The van der Waals surface area contributed by atoms with Crippen LogP contribution in [0.5, 0.6) is 17.2 Å². The van der Waals surface area contributed by atoms with E-state index in [0.29, 0.717) is 38.2 Å². The van der Waals surface area contributed by atoms with Gasteiger partial charge in [-0.25, -0.2) is 4.99 Å². The minimum Gasteiger partial charge on any atom is -0.493 e. The van der Waals surface area contributed by atoms with Gasteiger partial charge in [0.25, 0.3) is 5.56 Å². The summed E-state index contributed by atoms with van der Waals surface area (Å²) in [5, 5.41) is 0.689. The van der Waals surface area contributed by atoms with Crippen molar-refractivity contribution in [1.29, 1.82) is 0 Å². The van der Waals surface area contributed by atoms with E-state index in [0.717, 1.165) is 50.8 Å². The molecule has 0 bridgehead atoms. The van der Waals surface area contributed by atoms with Crippen molar-refractivity contribution in [3.05, 3.63) is 148 Å². The number of fused-ring (bicyclic) bond motifs is 3. The van der Waals surface area contributed by atoms with Crippen LogP contribution in [-0.4, -0.2) is 18.8 Å². The van der Waals surface area contributed by atoms with Crippen molar-refractivity contribution >= 4 is 50.6 Å². The molecular weight excluding hydrogens is 672 g/mol. The Balaban J connectivity index is 1.31. The predicted molar refractivity (Wildman–Crippen MR) is 182 cm³/mol. The number of allylic oxidation sites excluding steroid dienone is 1. The van der Waals surface area contributed by atoms with Crippen molar-refractivity contribution < 1.29 is 14.2 Å². The highest BCUT2D eigenvalue weighted by atomic mass is 79.9. The Bertz CT molecular complexity index is 2150. The van der Waals surface area contributed by atoms with Crippen molar-refractivity contribution in [2.24, 2.45) is 4.99 Å². The van der Waals surface area contributed by atoms with Gasteiger partial charge in [-0.1, -0.05) is 71.5 Å². The second kappa shape index (κ2) is 12.4. The topological polar surface area (TPSA) is 62.0 Å². The molecule has 1 aromatic heterocycles. The van der Waals surface area contributed by atoms with E-state index in [-0.39, 0.29) is 11.6 Å². The zero-order valence-corrected chi connectivity index (χ0v) is 27.7. The molecule has 2 aliphatic rings. The third-order valence-electron chi connectivity index (χ3n) is 8.16. The van der Waals surface area contributed by atoms with Crippen LogP contribution < -0.4 is 29.1 Å². The summed E-state index contributed by atoms with van der Waals surface area (Å²) in [5.74, 6) is 1.97. The van der Waals surface area contributed by atoms with Gasteiger partial charge in [0.15, 0.2) is 16.3 Å². The predicted octanol–water partition coefficient (Wildman–Crippen LogP) is 7.33. The number of aromatic nitrogens is 1. The summed E-state index contributed by atoms with van der Waals surface area (Å²) in [5.41, 5.74) is 7.25. The minimum absolute atomic E-state index is 0.0804. The Morgan fingerprint density at radius 2 is 1.73 bits per heavy atom. The van der Waals surface area contributed by atoms with Crippen molar-refractivity contribution in [2.75, 3.05) is 14.2 Å². The average Bonchev–Trinajstić information content (AvgIpc) is 3.37. The Morgan fingerprint density at radius 1 is 0.956 bits per heavy atom. The van der Waals surface area contributed by atoms with E-state index in [1.165, 1.54) is 16.9 Å². The summed E-state index contributed by atoms with van der Waals surface area (Å²) in [4.78, 5) is 20.0. The van der Waals surface area contributed by atoms with Gasteiger partial charge in [0.2, 0.25) is 0 Å². The highest BCUT2D eigenvalue weighted by Gasteiger charge is 2.33. The van der Waals surface area contributed by atoms with Crippen molar-refractivity contribution in [3.8, 4) is 17.2 Å². The molecule has 9 heteroatoms. The molecule has 5 aromatic rings. The van der Waals surface area contributed by atoms with E-state index in [4.69, 9.17) is 30.8 Å². The molecule has 1 aliphatic carbocycles. The van der Waals surface area contributed by atoms with Crippen LogP contribution >= 0.6 is 38.9 Å². The lowest BCUT2D eigenvalue weighted by molar-refractivity contribution is 0.304. The molecule has 4 aromatic carbocycles. The molecule has 1 atom stereocenters. The minimum atomic E-state index is -0.318. The standard InChI is InChI=1S/C36H28BrClN2O4S/c1-42-30-16-11-24(19-31(30)43-2)34-27-14-10-23-5-3-4-6-26(23)33(27)39-36-40(34)35(41)32(45-36)18-22-9-15-29(28(37)17-22)44-20-21-7-12-25(38)13-8-21/h3-9,11-13,15-19,34H,10,14,20H2,1-2H3/b32-18-/t34-/m0/s1. The number of nitrogens with zero attached hydrogens (tertiary/aromatic N) is 2. The normalized spacial score (nSPS) is 15.6. The molecule has 0 fully saturated rings. The fourth-order valence-corrected chi connectivity index (χ4v) is 7.60. The molecule has 226 valence electrons. The third-order valence-corrected chi connectivity index (χ3v) is 10.0. The highest BCUT2D eigenvalue weighted by molar-refractivity contribution is 9.10. The van der Waals surface area contributed by atoms with Crippen LogP contribution in [0.4, 0.5) is 0 Å². The molecule has 0 saturated carbocycles. The van der Waals surface area contributed by atoms with E-state index < -0.39 is 0 Å². The maximum absolute atomic E-state index is 14.2. The van der Waals surface area contributed by atoms with Gasteiger partial charge in [0.1, 0.15) is 12.4 Å². The first kappa shape index (κ1) is 29.6. The summed E-state index contributed by atoms with van der Waals surface area (Å²) in [6, 6.07) is 27.4. The van der Waals surface area contributed by atoms with Crippen LogP contribution in [-0.2, 0) is 13.0 Å². The molecule has 45 heavy (non-hydrogen) atoms. The molecule has 0 unspecified atom stereocenters. The van der Waals surface area contributed by atoms with Gasteiger partial charge in [0, 0.05) is 10.6 Å². The Labute approximate surface area is 277 Å². The fourth-order valence-electron chi connectivity index (χ4n) is 5.96. The Morgan fingerprint density at radius 3 is 2.51 bits per heavy atom. The molecule has 0 saturated heterocycles. The number of thiazole rings is 1. The monoisotopic (exact) mass is 698 g/mol. The van der Waals surface area contributed by atoms with Gasteiger partial charge >= 0.3 is 0 Å².